The monoisotopic (exact) mass is 654 g/mol. The van der Waals surface area contributed by atoms with E-state index in [-0.39, 0.29) is 4.90 Å². The van der Waals surface area contributed by atoms with E-state index in [0.717, 1.165) is 24.5 Å². The Hall–Kier alpha value is -2.88. The molecule has 1 aliphatic heterocycles. The molecule has 2 heterocycles. The first-order valence-corrected chi connectivity index (χ1v) is 14.8. The number of ether oxygens (including phenoxy) is 3. The van der Waals surface area contributed by atoms with E-state index in [0.29, 0.717) is 58.9 Å². The molecule has 0 unspecified atom stereocenters. The maximum Gasteiger partial charge on any atom is 0.242 e. The smallest absolute Gasteiger partial charge is 0.242 e. The van der Waals surface area contributed by atoms with Crippen LogP contribution in [-0.4, -0.2) is 65.0 Å². The maximum absolute atomic E-state index is 12.5. The van der Waals surface area contributed by atoms with Gasteiger partial charge in [0.05, 0.1) is 47.1 Å². The van der Waals surface area contributed by atoms with Crippen LogP contribution in [0.3, 0.4) is 0 Å². The van der Waals surface area contributed by atoms with E-state index in [1.165, 1.54) is 13.1 Å². The molecule has 11 nitrogen and oxygen atoms in total. The summed E-state index contributed by atoms with van der Waals surface area (Å²) in [6.45, 7) is 7.68. The largest absolute Gasteiger partial charge is 0.492 e. The zero-order valence-corrected chi connectivity index (χ0v) is 24.4. The van der Waals surface area contributed by atoms with Crippen LogP contribution < -0.4 is 29.7 Å². The summed E-state index contributed by atoms with van der Waals surface area (Å²) in [7, 11) is -2.30. The standard InChI is InChI=1S/C25H31IN6O5S/c1-4-36-21-15-20(32-10-12-35-13-11-32)22(37-5-2)14-19(21)30-25-28-16-17(26)24(31-25)29-18-8-6-7-9-23(18)38(33,34)27-3/h6-9,14-16,27H,4-5,10-13H2,1-3H3,(H2,28,29,30,31). The summed E-state index contributed by atoms with van der Waals surface area (Å²) in [5, 5.41) is 6.39. The minimum absolute atomic E-state index is 0.116. The van der Waals surface area contributed by atoms with Gasteiger partial charge in [-0.15, -0.1) is 0 Å². The van der Waals surface area contributed by atoms with Crippen LogP contribution in [0.1, 0.15) is 13.8 Å². The number of nitrogens with zero attached hydrogens (tertiary/aromatic N) is 3. The molecule has 1 aliphatic rings. The fraction of sp³-hybridized carbons (Fsp3) is 0.360. The summed E-state index contributed by atoms with van der Waals surface area (Å²) in [6, 6.07) is 10.5. The molecule has 0 atom stereocenters. The number of para-hydroxylation sites is 1. The minimum Gasteiger partial charge on any atom is -0.492 e. The highest BCUT2D eigenvalue weighted by Crippen LogP contribution is 2.40. The highest BCUT2D eigenvalue weighted by molar-refractivity contribution is 14.1. The fourth-order valence-corrected chi connectivity index (χ4v) is 5.20. The van der Waals surface area contributed by atoms with Crippen molar-refractivity contribution in [3.05, 3.63) is 46.2 Å². The molecule has 0 bridgehead atoms. The summed E-state index contributed by atoms with van der Waals surface area (Å²) >= 11 is 2.10. The van der Waals surface area contributed by atoms with E-state index >= 15 is 0 Å². The van der Waals surface area contributed by atoms with Gasteiger partial charge in [-0.1, -0.05) is 12.1 Å². The fourth-order valence-electron chi connectivity index (χ4n) is 3.92. The third-order valence-corrected chi connectivity index (χ3v) is 7.96. The predicted octanol–water partition coefficient (Wildman–Crippen LogP) is 4.11. The van der Waals surface area contributed by atoms with Crippen molar-refractivity contribution in [3.63, 3.8) is 0 Å². The topological polar surface area (TPSA) is 127 Å². The summed E-state index contributed by atoms with van der Waals surface area (Å²) in [6.07, 6.45) is 1.65. The van der Waals surface area contributed by atoms with Gasteiger partial charge in [0.15, 0.2) is 0 Å². The molecule has 204 valence electrons. The van der Waals surface area contributed by atoms with Gasteiger partial charge in [-0.3, -0.25) is 0 Å². The number of nitrogens with one attached hydrogen (secondary N) is 3. The van der Waals surface area contributed by atoms with E-state index in [1.54, 1.807) is 24.4 Å². The van der Waals surface area contributed by atoms with Gasteiger partial charge in [0.1, 0.15) is 22.2 Å². The van der Waals surface area contributed by atoms with Crippen molar-refractivity contribution < 1.29 is 22.6 Å². The Bertz CT molecular complexity index is 1370. The van der Waals surface area contributed by atoms with Gasteiger partial charge in [0, 0.05) is 31.4 Å². The van der Waals surface area contributed by atoms with E-state index in [2.05, 4.69) is 52.8 Å². The van der Waals surface area contributed by atoms with Crippen molar-refractivity contribution in [3.8, 4) is 11.5 Å². The Labute approximate surface area is 236 Å². The molecule has 1 saturated heterocycles. The number of hydrogen-bond acceptors (Lipinski definition) is 10. The highest BCUT2D eigenvalue weighted by Gasteiger charge is 2.21. The molecule has 0 amide bonds. The van der Waals surface area contributed by atoms with Gasteiger partial charge in [0.2, 0.25) is 16.0 Å². The third-order valence-electron chi connectivity index (χ3n) is 5.70. The minimum atomic E-state index is -3.67. The van der Waals surface area contributed by atoms with Crippen molar-refractivity contribution in [1.82, 2.24) is 14.7 Å². The van der Waals surface area contributed by atoms with Gasteiger partial charge in [-0.25, -0.2) is 18.1 Å². The Morgan fingerprint density at radius 1 is 1.03 bits per heavy atom. The van der Waals surface area contributed by atoms with Gasteiger partial charge >= 0.3 is 0 Å². The summed E-state index contributed by atoms with van der Waals surface area (Å²) < 4.78 is 45.5. The second-order valence-electron chi connectivity index (χ2n) is 8.13. The first kappa shape index (κ1) is 28.1. The molecule has 0 spiro atoms. The third kappa shape index (κ3) is 6.57. The van der Waals surface area contributed by atoms with Crippen LogP contribution >= 0.6 is 22.6 Å². The lowest BCUT2D eigenvalue weighted by atomic mass is 10.2. The number of halogens is 1. The SMILES string of the molecule is CCOc1cc(N2CCOCC2)c(OCC)cc1Nc1ncc(I)c(Nc2ccccc2S(=O)(=O)NC)n1. The number of morpholine rings is 1. The van der Waals surface area contributed by atoms with Gasteiger partial charge in [-0.2, -0.15) is 4.98 Å². The van der Waals surface area contributed by atoms with Crippen LogP contribution in [0.2, 0.25) is 0 Å². The molecular weight excluding hydrogens is 623 g/mol. The molecule has 0 radical (unpaired) electrons. The lowest BCUT2D eigenvalue weighted by molar-refractivity contribution is 0.122. The molecule has 2 aromatic carbocycles. The Balaban J connectivity index is 1.68. The second kappa shape index (κ2) is 12.8. The summed E-state index contributed by atoms with van der Waals surface area (Å²) in [5.41, 5.74) is 1.99. The van der Waals surface area contributed by atoms with Crippen molar-refractivity contribution >= 4 is 61.4 Å². The van der Waals surface area contributed by atoms with Crippen molar-refractivity contribution in [2.75, 3.05) is 62.1 Å². The van der Waals surface area contributed by atoms with Crippen molar-refractivity contribution in [1.29, 1.82) is 0 Å². The molecule has 0 saturated carbocycles. The first-order chi connectivity index (χ1) is 18.4. The zero-order valence-electron chi connectivity index (χ0n) is 21.5. The van der Waals surface area contributed by atoms with Crippen LogP contribution in [0.4, 0.5) is 28.8 Å². The molecule has 0 aliphatic carbocycles. The molecule has 38 heavy (non-hydrogen) atoms. The molecular formula is C25H31IN6O5S. The summed E-state index contributed by atoms with van der Waals surface area (Å²) in [4.78, 5) is 11.4. The lowest BCUT2D eigenvalue weighted by Gasteiger charge is -2.31. The van der Waals surface area contributed by atoms with Crippen LogP contribution in [0.5, 0.6) is 11.5 Å². The molecule has 1 fully saturated rings. The Kier molecular flexibility index (Phi) is 9.46. The first-order valence-electron chi connectivity index (χ1n) is 12.2. The van der Waals surface area contributed by atoms with E-state index in [9.17, 15) is 8.42 Å². The van der Waals surface area contributed by atoms with Crippen molar-refractivity contribution in [2.45, 2.75) is 18.7 Å². The van der Waals surface area contributed by atoms with E-state index in [1.807, 2.05) is 26.0 Å². The predicted molar refractivity (Wildman–Crippen MR) is 156 cm³/mol. The molecule has 13 heteroatoms. The molecule has 4 rings (SSSR count). The van der Waals surface area contributed by atoms with Gasteiger partial charge in [-0.05, 0) is 55.6 Å². The number of hydrogen-bond donors (Lipinski definition) is 3. The lowest BCUT2D eigenvalue weighted by Crippen LogP contribution is -2.36. The second-order valence-corrected chi connectivity index (χ2v) is 11.1. The quantitative estimate of drug-likeness (QED) is 0.260. The van der Waals surface area contributed by atoms with Crippen molar-refractivity contribution in [2.24, 2.45) is 0 Å². The number of aromatic nitrogens is 2. The zero-order chi connectivity index (χ0) is 27.1. The average Bonchev–Trinajstić information content (AvgIpc) is 2.93. The number of benzene rings is 2. The normalized spacial score (nSPS) is 13.7. The Morgan fingerprint density at radius 3 is 2.45 bits per heavy atom. The van der Waals surface area contributed by atoms with Crippen LogP contribution in [0.15, 0.2) is 47.5 Å². The Morgan fingerprint density at radius 2 is 1.74 bits per heavy atom. The number of sulfonamides is 1. The molecule has 3 N–H and O–H groups in total. The van der Waals surface area contributed by atoms with E-state index < -0.39 is 10.0 Å². The molecule has 1 aromatic heterocycles. The summed E-state index contributed by atoms with van der Waals surface area (Å²) in [5.74, 6) is 2.12. The van der Waals surface area contributed by atoms with Crippen LogP contribution in [0.25, 0.3) is 0 Å². The molecule has 3 aromatic rings. The van der Waals surface area contributed by atoms with Crippen LogP contribution in [-0.2, 0) is 14.8 Å². The van der Waals surface area contributed by atoms with Crippen LogP contribution in [0, 0.1) is 3.57 Å². The van der Waals surface area contributed by atoms with E-state index in [4.69, 9.17) is 14.2 Å². The van der Waals surface area contributed by atoms with Gasteiger partial charge < -0.3 is 29.7 Å². The number of anilines is 5. The maximum atomic E-state index is 12.5. The highest BCUT2D eigenvalue weighted by atomic mass is 127. The van der Waals surface area contributed by atoms with Gasteiger partial charge in [0.25, 0.3) is 0 Å². The average molecular weight is 655 g/mol. The number of rotatable bonds is 11.